The third kappa shape index (κ3) is 3.11. The van der Waals surface area contributed by atoms with E-state index < -0.39 is 0 Å². The molecule has 0 saturated carbocycles. The van der Waals surface area contributed by atoms with Gasteiger partial charge >= 0.3 is 0 Å². The Labute approximate surface area is 121 Å². The van der Waals surface area contributed by atoms with Crippen LogP contribution in [0.15, 0.2) is 41.1 Å². The predicted octanol–water partition coefficient (Wildman–Crippen LogP) is 2.95. The molecule has 0 spiro atoms. The summed E-state index contributed by atoms with van der Waals surface area (Å²) in [5, 5.41) is 3.42. The van der Waals surface area contributed by atoms with Gasteiger partial charge in [-0.3, -0.25) is 4.98 Å². The van der Waals surface area contributed by atoms with Crippen LogP contribution in [0.4, 0.5) is 0 Å². The van der Waals surface area contributed by atoms with Crippen LogP contribution >= 0.6 is 15.9 Å². The standard InChI is InChI=1S/C14H16BrN3O/c1-3-16-12(10-6-4-5-7-11(10)15)13-14(19-2)18-9-8-17-13/h4-9,12,16H,3H2,1-2H3. The van der Waals surface area contributed by atoms with Crippen LogP contribution in [-0.2, 0) is 0 Å². The van der Waals surface area contributed by atoms with Crippen molar-refractivity contribution >= 4 is 15.9 Å². The molecular weight excluding hydrogens is 306 g/mol. The Morgan fingerprint density at radius 2 is 2.00 bits per heavy atom. The van der Waals surface area contributed by atoms with Gasteiger partial charge in [-0.25, -0.2) is 4.98 Å². The molecular formula is C14H16BrN3O. The van der Waals surface area contributed by atoms with Crippen LogP contribution in [0.2, 0.25) is 0 Å². The van der Waals surface area contributed by atoms with Crippen molar-refractivity contribution in [3.8, 4) is 5.88 Å². The Balaban J connectivity index is 2.49. The first-order chi connectivity index (χ1) is 9.27. The lowest BCUT2D eigenvalue weighted by Crippen LogP contribution is -2.24. The van der Waals surface area contributed by atoms with Gasteiger partial charge in [-0.15, -0.1) is 0 Å². The Hall–Kier alpha value is -1.46. The molecule has 0 bridgehead atoms. The lowest BCUT2D eigenvalue weighted by molar-refractivity contribution is 0.383. The van der Waals surface area contributed by atoms with Crippen molar-refractivity contribution in [1.82, 2.24) is 15.3 Å². The number of hydrogen-bond donors (Lipinski definition) is 1. The van der Waals surface area contributed by atoms with E-state index in [0.29, 0.717) is 5.88 Å². The van der Waals surface area contributed by atoms with E-state index in [1.807, 2.05) is 18.2 Å². The molecule has 0 aliphatic heterocycles. The Kier molecular flexibility index (Phi) is 4.87. The van der Waals surface area contributed by atoms with Crippen molar-refractivity contribution in [2.75, 3.05) is 13.7 Å². The lowest BCUT2D eigenvalue weighted by Gasteiger charge is -2.20. The van der Waals surface area contributed by atoms with Gasteiger partial charge < -0.3 is 10.1 Å². The lowest BCUT2D eigenvalue weighted by atomic mass is 10.0. The first-order valence-electron chi connectivity index (χ1n) is 6.10. The molecule has 2 aromatic rings. The first kappa shape index (κ1) is 14.0. The topological polar surface area (TPSA) is 47.0 Å². The number of ether oxygens (including phenoxy) is 1. The van der Waals surface area contributed by atoms with Gasteiger partial charge in [0.1, 0.15) is 5.69 Å². The predicted molar refractivity (Wildman–Crippen MR) is 78.2 cm³/mol. The number of nitrogens with zero attached hydrogens (tertiary/aromatic N) is 2. The molecule has 0 amide bonds. The summed E-state index contributed by atoms with van der Waals surface area (Å²) in [5.74, 6) is 0.546. The molecule has 1 aromatic carbocycles. The second-order valence-electron chi connectivity index (χ2n) is 3.96. The fourth-order valence-corrected chi connectivity index (χ4v) is 2.47. The summed E-state index contributed by atoms with van der Waals surface area (Å²) in [4.78, 5) is 8.63. The number of halogens is 1. The van der Waals surface area contributed by atoms with E-state index in [2.05, 4.69) is 44.2 Å². The second kappa shape index (κ2) is 6.63. The molecule has 0 aliphatic carbocycles. The molecule has 100 valence electrons. The maximum absolute atomic E-state index is 5.31. The number of methoxy groups -OCH3 is 1. The maximum atomic E-state index is 5.31. The minimum atomic E-state index is -0.0516. The summed E-state index contributed by atoms with van der Waals surface area (Å²) in [6.45, 7) is 2.89. The molecule has 0 radical (unpaired) electrons. The van der Waals surface area contributed by atoms with E-state index >= 15 is 0 Å². The van der Waals surface area contributed by atoms with E-state index in [1.54, 1.807) is 19.5 Å². The van der Waals surface area contributed by atoms with Crippen LogP contribution in [0, 0.1) is 0 Å². The summed E-state index contributed by atoms with van der Waals surface area (Å²) in [6, 6.07) is 8.02. The molecule has 0 saturated heterocycles. The van der Waals surface area contributed by atoms with Crippen LogP contribution in [0.25, 0.3) is 0 Å². The van der Waals surface area contributed by atoms with Gasteiger partial charge in [0.15, 0.2) is 0 Å². The summed E-state index contributed by atoms with van der Waals surface area (Å²) >= 11 is 3.58. The number of hydrogen-bond acceptors (Lipinski definition) is 4. The Morgan fingerprint density at radius 3 is 2.68 bits per heavy atom. The highest BCUT2D eigenvalue weighted by atomic mass is 79.9. The molecule has 4 nitrogen and oxygen atoms in total. The fourth-order valence-electron chi connectivity index (χ4n) is 1.96. The number of nitrogens with one attached hydrogen (secondary N) is 1. The number of benzene rings is 1. The van der Waals surface area contributed by atoms with Gasteiger partial charge in [-0.1, -0.05) is 41.1 Å². The zero-order chi connectivity index (χ0) is 13.7. The molecule has 0 aliphatic rings. The van der Waals surface area contributed by atoms with Crippen molar-refractivity contribution in [2.24, 2.45) is 0 Å². The van der Waals surface area contributed by atoms with Gasteiger partial charge in [-0.2, -0.15) is 0 Å². The molecule has 1 atom stereocenters. The monoisotopic (exact) mass is 321 g/mol. The van der Waals surface area contributed by atoms with Crippen molar-refractivity contribution in [2.45, 2.75) is 13.0 Å². The largest absolute Gasteiger partial charge is 0.480 e. The van der Waals surface area contributed by atoms with Crippen molar-refractivity contribution in [3.05, 3.63) is 52.4 Å². The summed E-state index contributed by atoms with van der Waals surface area (Å²) in [5.41, 5.74) is 1.90. The van der Waals surface area contributed by atoms with Gasteiger partial charge in [0.25, 0.3) is 0 Å². The molecule has 1 heterocycles. The number of aromatic nitrogens is 2. The molecule has 19 heavy (non-hydrogen) atoms. The van der Waals surface area contributed by atoms with E-state index in [4.69, 9.17) is 4.74 Å². The van der Waals surface area contributed by atoms with Gasteiger partial charge in [0, 0.05) is 16.9 Å². The van der Waals surface area contributed by atoms with Gasteiger partial charge in [-0.05, 0) is 18.2 Å². The highest BCUT2D eigenvalue weighted by molar-refractivity contribution is 9.10. The van der Waals surface area contributed by atoms with E-state index in [9.17, 15) is 0 Å². The zero-order valence-corrected chi connectivity index (χ0v) is 12.5. The average molecular weight is 322 g/mol. The maximum Gasteiger partial charge on any atom is 0.237 e. The van der Waals surface area contributed by atoms with Crippen LogP contribution in [0.5, 0.6) is 5.88 Å². The second-order valence-corrected chi connectivity index (χ2v) is 4.82. The van der Waals surface area contributed by atoms with Crippen molar-refractivity contribution in [1.29, 1.82) is 0 Å². The summed E-state index contributed by atoms with van der Waals surface area (Å²) < 4.78 is 6.34. The van der Waals surface area contributed by atoms with Crippen molar-refractivity contribution in [3.63, 3.8) is 0 Å². The smallest absolute Gasteiger partial charge is 0.237 e. The number of rotatable bonds is 5. The molecule has 0 fully saturated rings. The third-order valence-corrected chi connectivity index (χ3v) is 3.50. The summed E-state index contributed by atoms with van der Waals surface area (Å²) in [6.07, 6.45) is 3.31. The van der Waals surface area contributed by atoms with Crippen molar-refractivity contribution < 1.29 is 4.74 Å². The van der Waals surface area contributed by atoms with Crippen LogP contribution in [0.3, 0.4) is 0 Å². The fraction of sp³-hybridized carbons (Fsp3) is 0.286. The molecule has 1 unspecified atom stereocenters. The Morgan fingerprint density at radius 1 is 1.26 bits per heavy atom. The summed E-state index contributed by atoms with van der Waals surface area (Å²) in [7, 11) is 1.61. The molecule has 2 rings (SSSR count). The van der Waals surface area contributed by atoms with E-state index in [1.165, 1.54) is 0 Å². The van der Waals surface area contributed by atoms with E-state index in [-0.39, 0.29) is 6.04 Å². The third-order valence-electron chi connectivity index (χ3n) is 2.78. The SMILES string of the molecule is CCNC(c1ccccc1Br)c1nccnc1OC. The quantitative estimate of drug-likeness (QED) is 0.919. The zero-order valence-electron chi connectivity index (χ0n) is 10.9. The average Bonchev–Trinajstić information content (AvgIpc) is 2.46. The van der Waals surface area contributed by atoms with Crippen LogP contribution in [0.1, 0.15) is 24.2 Å². The molecule has 1 N–H and O–H groups in total. The highest BCUT2D eigenvalue weighted by Gasteiger charge is 2.21. The minimum absolute atomic E-state index is 0.0516. The highest BCUT2D eigenvalue weighted by Crippen LogP contribution is 2.30. The van der Waals surface area contributed by atoms with E-state index in [0.717, 1.165) is 22.3 Å². The van der Waals surface area contributed by atoms with Gasteiger partial charge in [0.05, 0.1) is 13.2 Å². The molecule has 5 heteroatoms. The normalized spacial score (nSPS) is 12.2. The molecule has 1 aromatic heterocycles. The van der Waals surface area contributed by atoms with Gasteiger partial charge in [0.2, 0.25) is 5.88 Å². The Bertz CT molecular complexity index is 548. The first-order valence-corrected chi connectivity index (χ1v) is 6.90. The van der Waals surface area contributed by atoms with Crippen LogP contribution in [-0.4, -0.2) is 23.6 Å². The van der Waals surface area contributed by atoms with Crippen LogP contribution < -0.4 is 10.1 Å². The minimum Gasteiger partial charge on any atom is -0.480 e.